The Balaban J connectivity index is 1.45. The number of imidazole rings is 2. The van der Waals surface area contributed by atoms with E-state index in [2.05, 4.69) is 26.8 Å². The fourth-order valence-electron chi connectivity index (χ4n) is 3.04. The molecule has 1 aliphatic heterocycles. The highest BCUT2D eigenvalue weighted by atomic mass is 16.1. The van der Waals surface area contributed by atoms with E-state index in [4.69, 9.17) is 0 Å². The van der Waals surface area contributed by atoms with Crippen molar-refractivity contribution in [3.8, 4) is 0 Å². The van der Waals surface area contributed by atoms with E-state index >= 15 is 0 Å². The molecule has 3 aromatic heterocycles. The van der Waals surface area contributed by atoms with Gasteiger partial charge in [-0.05, 0) is 24.0 Å². The van der Waals surface area contributed by atoms with Crippen LogP contribution in [0.25, 0.3) is 5.52 Å². The van der Waals surface area contributed by atoms with Gasteiger partial charge in [0.25, 0.3) is 5.91 Å². The van der Waals surface area contributed by atoms with Crippen molar-refractivity contribution < 1.29 is 4.79 Å². The molecule has 0 fully saturated rings. The molecule has 0 saturated heterocycles. The molecule has 4 rings (SSSR count). The molecule has 23 heavy (non-hydrogen) atoms. The van der Waals surface area contributed by atoms with Crippen LogP contribution < -0.4 is 5.32 Å². The molecule has 4 heterocycles. The number of aromatic nitrogens is 4. The van der Waals surface area contributed by atoms with Crippen LogP contribution in [0.2, 0.25) is 0 Å². The van der Waals surface area contributed by atoms with Crippen molar-refractivity contribution >= 4 is 11.4 Å². The van der Waals surface area contributed by atoms with Crippen LogP contribution in [-0.4, -0.2) is 24.8 Å². The van der Waals surface area contributed by atoms with Gasteiger partial charge < -0.3 is 14.3 Å². The van der Waals surface area contributed by atoms with Gasteiger partial charge >= 0.3 is 0 Å². The molecule has 1 amide bonds. The summed E-state index contributed by atoms with van der Waals surface area (Å²) in [6, 6.07) is 3.99. The largest absolute Gasteiger partial charge is 0.347 e. The van der Waals surface area contributed by atoms with Gasteiger partial charge in [-0.25, -0.2) is 9.97 Å². The van der Waals surface area contributed by atoms with Gasteiger partial charge in [0.1, 0.15) is 11.5 Å². The third-order valence-corrected chi connectivity index (χ3v) is 4.41. The maximum atomic E-state index is 12.3. The van der Waals surface area contributed by atoms with Crippen LogP contribution in [-0.2, 0) is 19.5 Å². The topological polar surface area (TPSA) is 64.2 Å². The second-order valence-corrected chi connectivity index (χ2v) is 6.28. The molecule has 0 spiro atoms. The van der Waals surface area contributed by atoms with Crippen LogP contribution in [0.3, 0.4) is 0 Å². The number of nitrogens with one attached hydrogen (secondary N) is 1. The standard InChI is InChI=1S/C17H19N5O/c1-12-4-5-21-10-15(20-16(21)6-12)17(23)19-7-13-2-3-14-8-18-11-22(14)9-13/h2-3,8-12H,4-7H2,1H3,(H,19,23). The van der Waals surface area contributed by atoms with Crippen molar-refractivity contribution in [2.24, 2.45) is 5.92 Å². The Morgan fingerprint density at radius 1 is 1.39 bits per heavy atom. The molecule has 3 aromatic rings. The summed E-state index contributed by atoms with van der Waals surface area (Å²) in [4.78, 5) is 20.9. The van der Waals surface area contributed by atoms with Crippen molar-refractivity contribution in [2.45, 2.75) is 32.9 Å². The minimum atomic E-state index is -0.120. The fourth-order valence-corrected chi connectivity index (χ4v) is 3.04. The summed E-state index contributed by atoms with van der Waals surface area (Å²) in [5.74, 6) is 1.54. The number of carbonyl (C=O) groups is 1. The average Bonchev–Trinajstić information content (AvgIpc) is 3.17. The van der Waals surface area contributed by atoms with Gasteiger partial charge in [0.15, 0.2) is 0 Å². The SMILES string of the molecule is CC1CCn2cc(C(=O)NCc3ccc4cncn4c3)nc2C1. The van der Waals surface area contributed by atoms with E-state index in [1.165, 1.54) is 0 Å². The first kappa shape index (κ1) is 14.0. The summed E-state index contributed by atoms with van der Waals surface area (Å²) in [5.41, 5.74) is 2.58. The Bertz CT molecular complexity index is 863. The second kappa shape index (κ2) is 5.53. The number of aryl methyl sites for hydroxylation is 1. The first-order chi connectivity index (χ1) is 11.2. The van der Waals surface area contributed by atoms with Gasteiger partial charge in [-0.1, -0.05) is 13.0 Å². The normalized spacial score (nSPS) is 17.2. The number of fused-ring (bicyclic) bond motifs is 2. The van der Waals surface area contributed by atoms with E-state index in [-0.39, 0.29) is 5.91 Å². The highest BCUT2D eigenvalue weighted by Crippen LogP contribution is 2.19. The predicted octanol–water partition coefficient (Wildman–Crippen LogP) is 2.04. The maximum absolute atomic E-state index is 12.3. The molecule has 0 aromatic carbocycles. The first-order valence-electron chi connectivity index (χ1n) is 7.94. The van der Waals surface area contributed by atoms with E-state index in [0.29, 0.717) is 18.2 Å². The molecular formula is C17H19N5O. The molecule has 6 heteroatoms. The monoisotopic (exact) mass is 309 g/mol. The van der Waals surface area contributed by atoms with Crippen molar-refractivity contribution in [1.29, 1.82) is 0 Å². The van der Waals surface area contributed by atoms with E-state index in [1.807, 2.05) is 28.9 Å². The third kappa shape index (κ3) is 2.72. The number of hydrogen-bond acceptors (Lipinski definition) is 3. The lowest BCUT2D eigenvalue weighted by molar-refractivity contribution is 0.0946. The van der Waals surface area contributed by atoms with Crippen LogP contribution in [0.4, 0.5) is 0 Å². The summed E-state index contributed by atoms with van der Waals surface area (Å²) in [5, 5.41) is 2.94. The van der Waals surface area contributed by atoms with Gasteiger partial charge in [0.2, 0.25) is 0 Å². The number of pyridine rings is 1. The summed E-state index contributed by atoms with van der Waals surface area (Å²) >= 11 is 0. The molecule has 1 unspecified atom stereocenters. The highest BCUT2D eigenvalue weighted by Gasteiger charge is 2.20. The highest BCUT2D eigenvalue weighted by molar-refractivity contribution is 5.92. The Kier molecular flexibility index (Phi) is 3.37. The van der Waals surface area contributed by atoms with Crippen LogP contribution in [0, 0.1) is 5.92 Å². The second-order valence-electron chi connectivity index (χ2n) is 6.28. The zero-order chi connectivity index (χ0) is 15.8. The minimum absolute atomic E-state index is 0.120. The molecule has 118 valence electrons. The quantitative estimate of drug-likeness (QED) is 0.805. The van der Waals surface area contributed by atoms with E-state index in [0.717, 1.165) is 36.3 Å². The number of carbonyl (C=O) groups excluding carboxylic acids is 1. The smallest absolute Gasteiger partial charge is 0.271 e. The fraction of sp³-hybridized carbons (Fsp3) is 0.353. The predicted molar refractivity (Wildman–Crippen MR) is 86.1 cm³/mol. The summed E-state index contributed by atoms with van der Waals surface area (Å²) in [6.45, 7) is 3.66. The maximum Gasteiger partial charge on any atom is 0.271 e. The van der Waals surface area contributed by atoms with Gasteiger partial charge in [-0.3, -0.25) is 4.79 Å². The van der Waals surface area contributed by atoms with Crippen molar-refractivity contribution in [1.82, 2.24) is 24.3 Å². The number of amides is 1. The lowest BCUT2D eigenvalue weighted by atomic mass is 10.0. The van der Waals surface area contributed by atoms with E-state index < -0.39 is 0 Å². The Morgan fingerprint density at radius 3 is 3.22 bits per heavy atom. The van der Waals surface area contributed by atoms with Crippen LogP contribution in [0.1, 0.15) is 35.2 Å². The Hall–Kier alpha value is -2.63. The molecule has 0 aliphatic carbocycles. The lowest BCUT2D eigenvalue weighted by Crippen LogP contribution is -2.23. The minimum Gasteiger partial charge on any atom is -0.347 e. The molecule has 1 aliphatic rings. The lowest BCUT2D eigenvalue weighted by Gasteiger charge is -2.18. The van der Waals surface area contributed by atoms with Crippen molar-refractivity contribution in [2.75, 3.05) is 0 Å². The summed E-state index contributed by atoms with van der Waals surface area (Å²) in [6.07, 6.45) is 9.50. The molecule has 0 bridgehead atoms. The number of nitrogens with zero attached hydrogens (tertiary/aromatic N) is 4. The third-order valence-electron chi connectivity index (χ3n) is 4.41. The number of hydrogen-bond donors (Lipinski definition) is 1. The van der Waals surface area contributed by atoms with Gasteiger partial charge in [0.05, 0.1) is 18.0 Å². The number of rotatable bonds is 3. The molecule has 0 saturated carbocycles. The van der Waals surface area contributed by atoms with Crippen molar-refractivity contribution in [3.63, 3.8) is 0 Å². The van der Waals surface area contributed by atoms with Crippen LogP contribution >= 0.6 is 0 Å². The van der Waals surface area contributed by atoms with Gasteiger partial charge in [-0.2, -0.15) is 0 Å². The molecule has 6 nitrogen and oxygen atoms in total. The molecular weight excluding hydrogens is 290 g/mol. The van der Waals surface area contributed by atoms with Crippen LogP contribution in [0.15, 0.2) is 37.1 Å². The Morgan fingerprint density at radius 2 is 2.30 bits per heavy atom. The summed E-state index contributed by atoms with van der Waals surface area (Å²) in [7, 11) is 0. The molecule has 1 N–H and O–H groups in total. The zero-order valence-electron chi connectivity index (χ0n) is 13.1. The zero-order valence-corrected chi connectivity index (χ0v) is 13.1. The van der Waals surface area contributed by atoms with Crippen LogP contribution in [0.5, 0.6) is 0 Å². The average molecular weight is 309 g/mol. The van der Waals surface area contributed by atoms with E-state index in [9.17, 15) is 4.79 Å². The molecule has 1 atom stereocenters. The van der Waals surface area contributed by atoms with Gasteiger partial charge in [0, 0.05) is 31.9 Å². The van der Waals surface area contributed by atoms with Gasteiger partial charge in [-0.15, -0.1) is 0 Å². The van der Waals surface area contributed by atoms with Crippen molar-refractivity contribution in [3.05, 3.63) is 54.1 Å². The Labute approximate surface area is 134 Å². The summed E-state index contributed by atoms with van der Waals surface area (Å²) < 4.78 is 4.05. The first-order valence-corrected chi connectivity index (χ1v) is 7.94. The molecule has 0 radical (unpaired) electrons. The van der Waals surface area contributed by atoms with E-state index in [1.54, 1.807) is 12.5 Å².